The van der Waals surface area contributed by atoms with E-state index in [-0.39, 0.29) is 10.8 Å². The minimum Gasteiger partial charge on any atom is -0.493 e. The zero-order valence-electron chi connectivity index (χ0n) is 20.0. The van der Waals surface area contributed by atoms with Crippen LogP contribution in [0.5, 0.6) is 11.5 Å². The number of fused-ring (bicyclic) bond motifs is 1. The number of anilines is 1. The number of amides is 1. The largest absolute Gasteiger partial charge is 0.493 e. The van der Waals surface area contributed by atoms with Gasteiger partial charge in [0.2, 0.25) is 0 Å². The molecule has 1 amide bonds. The van der Waals surface area contributed by atoms with E-state index >= 15 is 0 Å². The molecule has 0 bridgehead atoms. The summed E-state index contributed by atoms with van der Waals surface area (Å²) in [6.45, 7) is 1.69. The van der Waals surface area contributed by atoms with Crippen molar-refractivity contribution in [3.63, 3.8) is 0 Å². The van der Waals surface area contributed by atoms with E-state index in [2.05, 4.69) is 15.2 Å². The zero-order chi connectivity index (χ0) is 25.7. The van der Waals surface area contributed by atoms with Crippen LogP contribution in [0.4, 0.5) is 5.69 Å². The number of hydrogen-bond acceptors (Lipinski definition) is 6. The molecule has 0 saturated heterocycles. The Morgan fingerprint density at radius 2 is 1.44 bits per heavy atom. The third kappa shape index (κ3) is 5.47. The summed E-state index contributed by atoms with van der Waals surface area (Å²) in [6.07, 6.45) is 0. The fourth-order valence-corrected chi connectivity index (χ4v) is 4.45. The molecule has 9 heteroatoms. The molecule has 184 valence electrons. The van der Waals surface area contributed by atoms with Gasteiger partial charge >= 0.3 is 0 Å². The third-order valence-electron chi connectivity index (χ3n) is 5.57. The Labute approximate surface area is 209 Å². The summed E-state index contributed by atoms with van der Waals surface area (Å²) < 4.78 is 35.9. The molecule has 0 heterocycles. The first kappa shape index (κ1) is 24.7. The van der Waals surface area contributed by atoms with Crippen molar-refractivity contribution < 1.29 is 22.7 Å². The van der Waals surface area contributed by atoms with Gasteiger partial charge in [-0.25, -0.2) is 0 Å². The number of methoxy groups -OCH3 is 2. The van der Waals surface area contributed by atoms with Crippen LogP contribution in [0.3, 0.4) is 0 Å². The number of carbonyl (C=O) groups is 1. The van der Waals surface area contributed by atoms with E-state index in [1.807, 2.05) is 24.3 Å². The van der Waals surface area contributed by atoms with Gasteiger partial charge in [-0.2, -0.15) is 18.4 Å². The molecule has 4 rings (SSSR count). The lowest BCUT2D eigenvalue weighted by atomic mass is 10.1. The molecule has 4 aromatic carbocycles. The van der Waals surface area contributed by atoms with Crippen LogP contribution in [-0.2, 0) is 10.0 Å². The van der Waals surface area contributed by atoms with Crippen molar-refractivity contribution >= 4 is 38.1 Å². The van der Waals surface area contributed by atoms with Crippen LogP contribution in [0.15, 0.2) is 94.9 Å². The van der Waals surface area contributed by atoms with E-state index in [9.17, 15) is 13.2 Å². The Balaban J connectivity index is 1.44. The zero-order valence-corrected chi connectivity index (χ0v) is 20.8. The van der Waals surface area contributed by atoms with Gasteiger partial charge in [0.25, 0.3) is 15.9 Å². The van der Waals surface area contributed by atoms with Gasteiger partial charge < -0.3 is 14.8 Å². The van der Waals surface area contributed by atoms with Crippen LogP contribution >= 0.6 is 0 Å². The van der Waals surface area contributed by atoms with E-state index in [1.54, 1.807) is 67.6 Å². The molecule has 0 saturated carbocycles. The Hall–Kier alpha value is -4.37. The van der Waals surface area contributed by atoms with Crippen molar-refractivity contribution in [1.82, 2.24) is 4.83 Å². The van der Waals surface area contributed by atoms with E-state index in [1.165, 1.54) is 14.2 Å². The van der Waals surface area contributed by atoms with Crippen molar-refractivity contribution in [2.45, 2.75) is 11.8 Å². The number of rotatable bonds is 8. The van der Waals surface area contributed by atoms with Gasteiger partial charge in [0.15, 0.2) is 11.5 Å². The number of sulfonamides is 1. The molecule has 0 aliphatic rings. The Morgan fingerprint density at radius 3 is 2.14 bits per heavy atom. The van der Waals surface area contributed by atoms with Crippen LogP contribution in [0.25, 0.3) is 10.8 Å². The van der Waals surface area contributed by atoms with Crippen molar-refractivity contribution in [2.75, 3.05) is 19.5 Å². The van der Waals surface area contributed by atoms with Crippen LogP contribution in [0.1, 0.15) is 22.8 Å². The van der Waals surface area contributed by atoms with Crippen molar-refractivity contribution in [3.8, 4) is 11.5 Å². The maximum Gasteiger partial charge on any atom is 0.276 e. The standard InChI is InChI=1S/C27H25N3O5S/c1-18(29-30-36(32,33)24-14-10-20-6-4-5-7-21(20)16-24)19-8-12-23(13-9-19)28-27(31)22-11-15-25(34-2)26(17-22)35-3/h4-17,30H,1-3H3,(H,28,31)/b29-18-. The van der Waals surface area contributed by atoms with Gasteiger partial charge in [-0.15, -0.1) is 0 Å². The Morgan fingerprint density at radius 1 is 0.778 bits per heavy atom. The number of nitrogens with one attached hydrogen (secondary N) is 2. The maximum absolute atomic E-state index is 12.7. The molecule has 0 radical (unpaired) electrons. The number of hydrazone groups is 1. The van der Waals surface area contributed by atoms with Gasteiger partial charge in [-0.05, 0) is 65.7 Å². The highest BCUT2D eigenvalue weighted by atomic mass is 32.2. The van der Waals surface area contributed by atoms with Gasteiger partial charge in [0.05, 0.1) is 24.8 Å². The van der Waals surface area contributed by atoms with Crippen LogP contribution in [-0.4, -0.2) is 34.3 Å². The monoisotopic (exact) mass is 503 g/mol. The molecule has 0 spiro atoms. The van der Waals surface area contributed by atoms with Crippen LogP contribution in [0.2, 0.25) is 0 Å². The summed E-state index contributed by atoms with van der Waals surface area (Å²) in [7, 11) is -0.803. The average Bonchev–Trinajstić information content (AvgIpc) is 2.91. The lowest BCUT2D eigenvalue weighted by molar-refractivity contribution is 0.102. The summed E-state index contributed by atoms with van der Waals surface area (Å²) in [5.41, 5.74) is 2.15. The average molecular weight is 504 g/mol. The second kappa shape index (κ2) is 10.5. The SMILES string of the molecule is COc1ccc(C(=O)Nc2ccc(/C(C)=N\NS(=O)(=O)c3ccc4ccccc4c3)cc2)cc1OC. The van der Waals surface area contributed by atoms with E-state index in [4.69, 9.17) is 9.47 Å². The van der Waals surface area contributed by atoms with Crippen LogP contribution in [0, 0.1) is 0 Å². The first-order valence-corrected chi connectivity index (χ1v) is 12.5. The Kier molecular flexibility index (Phi) is 7.21. The maximum atomic E-state index is 12.7. The molecule has 2 N–H and O–H groups in total. The van der Waals surface area contributed by atoms with Crippen molar-refractivity contribution in [1.29, 1.82) is 0 Å². The molecular weight excluding hydrogens is 478 g/mol. The lowest BCUT2D eigenvalue weighted by Gasteiger charge is -2.10. The predicted octanol–water partition coefficient (Wildman–Crippen LogP) is 4.81. The summed E-state index contributed by atoms with van der Waals surface area (Å²) >= 11 is 0. The lowest BCUT2D eigenvalue weighted by Crippen LogP contribution is -2.20. The Bertz CT molecular complexity index is 1550. The molecule has 0 aliphatic heterocycles. The van der Waals surface area contributed by atoms with Gasteiger partial charge in [-0.1, -0.05) is 42.5 Å². The topological polar surface area (TPSA) is 106 Å². The van der Waals surface area contributed by atoms with E-state index in [0.29, 0.717) is 34.0 Å². The van der Waals surface area contributed by atoms with Gasteiger partial charge in [0.1, 0.15) is 0 Å². The van der Waals surface area contributed by atoms with Gasteiger partial charge in [0, 0.05) is 11.3 Å². The first-order valence-electron chi connectivity index (χ1n) is 11.0. The highest BCUT2D eigenvalue weighted by Gasteiger charge is 2.14. The molecular formula is C27H25N3O5S. The fraction of sp³-hybridized carbons (Fsp3) is 0.111. The number of carbonyl (C=O) groups excluding carboxylic acids is 1. The fourth-order valence-electron chi connectivity index (χ4n) is 3.56. The summed E-state index contributed by atoms with van der Waals surface area (Å²) in [5, 5.41) is 8.66. The molecule has 36 heavy (non-hydrogen) atoms. The second-order valence-corrected chi connectivity index (χ2v) is 9.56. The summed E-state index contributed by atoms with van der Waals surface area (Å²) in [5.74, 6) is 0.681. The predicted molar refractivity (Wildman–Crippen MR) is 140 cm³/mol. The minimum atomic E-state index is -3.83. The molecule has 0 fully saturated rings. The molecule has 0 aliphatic carbocycles. The number of hydrogen-bond donors (Lipinski definition) is 2. The summed E-state index contributed by atoms with van der Waals surface area (Å²) in [6, 6.07) is 24.3. The number of benzene rings is 4. The first-order chi connectivity index (χ1) is 17.3. The number of ether oxygens (including phenoxy) is 2. The van der Waals surface area contributed by atoms with Gasteiger partial charge in [-0.3, -0.25) is 4.79 Å². The molecule has 8 nitrogen and oxygen atoms in total. The van der Waals surface area contributed by atoms with Crippen molar-refractivity contribution in [2.24, 2.45) is 5.10 Å². The summed E-state index contributed by atoms with van der Waals surface area (Å²) in [4.78, 5) is 15.0. The quantitative estimate of drug-likeness (QED) is 0.265. The second-order valence-electron chi connectivity index (χ2n) is 7.90. The van der Waals surface area contributed by atoms with Crippen LogP contribution < -0.4 is 19.6 Å². The smallest absolute Gasteiger partial charge is 0.276 e. The third-order valence-corrected chi connectivity index (χ3v) is 6.78. The molecule has 0 aromatic heterocycles. The van der Waals surface area contributed by atoms with E-state index < -0.39 is 10.0 Å². The number of nitrogens with zero attached hydrogens (tertiary/aromatic N) is 1. The molecule has 0 atom stereocenters. The molecule has 4 aromatic rings. The highest BCUT2D eigenvalue weighted by Crippen LogP contribution is 2.28. The van der Waals surface area contributed by atoms with E-state index in [0.717, 1.165) is 10.8 Å². The highest BCUT2D eigenvalue weighted by molar-refractivity contribution is 7.89. The molecule has 0 unspecified atom stereocenters. The van der Waals surface area contributed by atoms with Crippen molar-refractivity contribution in [3.05, 3.63) is 96.1 Å². The normalized spacial score (nSPS) is 11.7. The minimum absolute atomic E-state index is 0.131.